The summed E-state index contributed by atoms with van der Waals surface area (Å²) in [6.45, 7) is 1.94. The molecule has 0 aliphatic heterocycles. The van der Waals surface area contributed by atoms with Crippen LogP contribution in [0.1, 0.15) is 4.88 Å². The Hall–Kier alpha value is -1.23. The summed E-state index contributed by atoms with van der Waals surface area (Å²) in [5.41, 5.74) is 0.885. The Morgan fingerprint density at radius 3 is 2.56 bits per heavy atom. The first-order valence-corrected chi connectivity index (χ1v) is 6.76. The first kappa shape index (κ1) is 11.8. The summed E-state index contributed by atoms with van der Waals surface area (Å²) in [6.07, 6.45) is 3.40. The Balaban J connectivity index is 2.28. The molecule has 3 nitrogen and oxygen atoms in total. The number of hydrogen-bond acceptors (Lipinski definition) is 4. The largest absolute Gasteiger partial charge is 0.265 e. The van der Waals surface area contributed by atoms with Gasteiger partial charge in [0.05, 0.1) is 10.4 Å². The van der Waals surface area contributed by atoms with Gasteiger partial charge < -0.3 is 0 Å². The van der Waals surface area contributed by atoms with E-state index in [9.17, 15) is 0 Å². The third-order valence-electron chi connectivity index (χ3n) is 2.55. The first-order chi connectivity index (χ1) is 8.66. The molecule has 3 aromatic rings. The average molecular weight is 296 g/mol. The van der Waals surface area contributed by atoms with E-state index in [0.29, 0.717) is 16.0 Å². The molecule has 0 aliphatic rings. The molecular weight excluding hydrogens is 289 g/mol. The van der Waals surface area contributed by atoms with E-state index in [1.54, 1.807) is 12.4 Å². The second-order valence-electron chi connectivity index (χ2n) is 3.73. The third-order valence-corrected chi connectivity index (χ3v) is 4.41. The molecule has 0 aromatic carbocycles. The molecule has 0 unspecified atom stereocenters. The molecule has 0 atom stereocenters. The van der Waals surface area contributed by atoms with Gasteiger partial charge in [0.2, 0.25) is 0 Å². The number of nitrogens with zero attached hydrogens (tertiary/aromatic N) is 3. The van der Waals surface area contributed by atoms with Gasteiger partial charge >= 0.3 is 0 Å². The molecule has 0 aliphatic carbocycles. The lowest BCUT2D eigenvalue weighted by Crippen LogP contribution is -1.89. The van der Waals surface area contributed by atoms with Crippen LogP contribution in [-0.2, 0) is 0 Å². The van der Waals surface area contributed by atoms with Gasteiger partial charge in [-0.2, -0.15) is 0 Å². The zero-order chi connectivity index (χ0) is 12.7. The van der Waals surface area contributed by atoms with Crippen LogP contribution < -0.4 is 0 Å². The van der Waals surface area contributed by atoms with E-state index in [2.05, 4.69) is 15.0 Å². The van der Waals surface area contributed by atoms with Crippen LogP contribution in [0, 0.1) is 6.92 Å². The SMILES string of the molecule is Cc1sc2nc(-c3ccncc3)nc(Cl)c2c1Cl. The van der Waals surface area contributed by atoms with Crippen LogP contribution in [0.4, 0.5) is 0 Å². The molecule has 18 heavy (non-hydrogen) atoms. The van der Waals surface area contributed by atoms with Crippen molar-refractivity contribution in [1.29, 1.82) is 0 Å². The molecule has 0 saturated heterocycles. The first-order valence-electron chi connectivity index (χ1n) is 5.19. The molecule has 0 radical (unpaired) electrons. The van der Waals surface area contributed by atoms with Gasteiger partial charge in [0.15, 0.2) is 5.82 Å². The van der Waals surface area contributed by atoms with E-state index >= 15 is 0 Å². The minimum absolute atomic E-state index is 0.390. The summed E-state index contributed by atoms with van der Waals surface area (Å²) >= 11 is 13.9. The minimum atomic E-state index is 0.390. The molecule has 0 fully saturated rings. The standard InChI is InChI=1S/C12H7Cl2N3S/c1-6-9(13)8-10(14)16-11(17-12(8)18-6)7-2-4-15-5-3-7/h2-5H,1H3. The van der Waals surface area contributed by atoms with Crippen molar-refractivity contribution in [2.75, 3.05) is 0 Å². The maximum atomic E-state index is 6.19. The van der Waals surface area contributed by atoms with Gasteiger partial charge in [-0.25, -0.2) is 9.97 Å². The fourth-order valence-corrected chi connectivity index (χ4v) is 3.30. The third kappa shape index (κ3) is 1.86. The van der Waals surface area contributed by atoms with Crippen molar-refractivity contribution in [2.24, 2.45) is 0 Å². The lowest BCUT2D eigenvalue weighted by atomic mass is 10.2. The van der Waals surface area contributed by atoms with E-state index in [-0.39, 0.29) is 0 Å². The predicted octanol–water partition coefficient (Wildman–Crippen LogP) is 4.37. The van der Waals surface area contributed by atoms with Gasteiger partial charge in [0, 0.05) is 22.8 Å². The number of hydrogen-bond donors (Lipinski definition) is 0. The Morgan fingerprint density at radius 2 is 1.83 bits per heavy atom. The Kier molecular flexibility index (Phi) is 2.93. The van der Waals surface area contributed by atoms with Gasteiger partial charge in [0.25, 0.3) is 0 Å². The number of thiophene rings is 1. The number of aryl methyl sites for hydroxylation is 1. The van der Waals surface area contributed by atoms with Crippen molar-refractivity contribution in [2.45, 2.75) is 6.92 Å². The number of fused-ring (bicyclic) bond motifs is 1. The van der Waals surface area contributed by atoms with E-state index in [1.807, 2.05) is 19.1 Å². The summed E-state index contributed by atoms with van der Waals surface area (Å²) < 4.78 is 0. The average Bonchev–Trinajstić information content (AvgIpc) is 2.66. The van der Waals surface area contributed by atoms with E-state index in [4.69, 9.17) is 23.2 Å². The Bertz CT molecular complexity index is 725. The maximum Gasteiger partial charge on any atom is 0.162 e. The topological polar surface area (TPSA) is 38.7 Å². The van der Waals surface area contributed by atoms with Crippen molar-refractivity contribution in [3.05, 3.63) is 39.6 Å². The lowest BCUT2D eigenvalue weighted by molar-refractivity contribution is 1.22. The van der Waals surface area contributed by atoms with Gasteiger partial charge in [-0.1, -0.05) is 23.2 Å². The van der Waals surface area contributed by atoms with Crippen molar-refractivity contribution >= 4 is 44.8 Å². The van der Waals surface area contributed by atoms with Crippen LogP contribution in [-0.4, -0.2) is 15.0 Å². The maximum absolute atomic E-state index is 6.19. The van der Waals surface area contributed by atoms with Gasteiger partial charge in [-0.05, 0) is 19.1 Å². The summed E-state index contributed by atoms with van der Waals surface area (Å²) in [5.74, 6) is 0.591. The monoisotopic (exact) mass is 295 g/mol. The summed E-state index contributed by atoms with van der Waals surface area (Å²) in [7, 11) is 0. The van der Waals surface area contributed by atoms with Crippen molar-refractivity contribution in [1.82, 2.24) is 15.0 Å². The van der Waals surface area contributed by atoms with Crippen LogP contribution in [0.25, 0.3) is 21.6 Å². The van der Waals surface area contributed by atoms with Crippen molar-refractivity contribution in [3.8, 4) is 11.4 Å². The summed E-state index contributed by atoms with van der Waals surface area (Å²) in [6, 6.07) is 3.69. The van der Waals surface area contributed by atoms with Gasteiger partial charge in [0.1, 0.15) is 9.98 Å². The van der Waals surface area contributed by atoms with Crippen molar-refractivity contribution < 1.29 is 0 Å². The highest BCUT2D eigenvalue weighted by molar-refractivity contribution is 7.19. The van der Waals surface area contributed by atoms with E-state index in [0.717, 1.165) is 20.7 Å². The molecular formula is C12H7Cl2N3S. The zero-order valence-corrected chi connectivity index (χ0v) is 11.6. The molecule has 3 aromatic heterocycles. The fraction of sp³-hybridized carbons (Fsp3) is 0.0833. The summed E-state index contributed by atoms with van der Waals surface area (Å²) in [4.78, 5) is 14.6. The van der Waals surface area contributed by atoms with Crippen LogP contribution >= 0.6 is 34.5 Å². The number of aromatic nitrogens is 3. The second kappa shape index (κ2) is 4.46. The molecule has 6 heteroatoms. The zero-order valence-electron chi connectivity index (χ0n) is 9.32. The predicted molar refractivity (Wildman–Crippen MR) is 75.4 cm³/mol. The molecule has 90 valence electrons. The van der Waals surface area contributed by atoms with Gasteiger partial charge in [-0.3, -0.25) is 4.98 Å². The number of halogens is 2. The molecule has 0 saturated carbocycles. The minimum Gasteiger partial charge on any atom is -0.265 e. The molecule has 3 rings (SSSR count). The normalized spacial score (nSPS) is 11.1. The summed E-state index contributed by atoms with van der Waals surface area (Å²) in [5, 5.41) is 1.76. The molecule has 3 heterocycles. The Labute approximate surface area is 117 Å². The number of pyridine rings is 1. The second-order valence-corrected chi connectivity index (χ2v) is 5.67. The lowest BCUT2D eigenvalue weighted by Gasteiger charge is -2.01. The molecule has 0 amide bonds. The highest BCUT2D eigenvalue weighted by atomic mass is 35.5. The Morgan fingerprint density at radius 1 is 1.11 bits per heavy atom. The smallest absolute Gasteiger partial charge is 0.162 e. The van der Waals surface area contributed by atoms with Crippen LogP contribution in [0.2, 0.25) is 10.2 Å². The highest BCUT2D eigenvalue weighted by Gasteiger charge is 2.15. The fourth-order valence-electron chi connectivity index (χ4n) is 1.67. The van der Waals surface area contributed by atoms with Gasteiger partial charge in [-0.15, -0.1) is 11.3 Å². The quantitative estimate of drug-likeness (QED) is 0.626. The highest BCUT2D eigenvalue weighted by Crippen LogP contribution is 2.38. The van der Waals surface area contributed by atoms with Crippen LogP contribution in [0.3, 0.4) is 0 Å². The van der Waals surface area contributed by atoms with Crippen molar-refractivity contribution in [3.63, 3.8) is 0 Å². The van der Waals surface area contributed by atoms with E-state index < -0.39 is 0 Å². The molecule has 0 bridgehead atoms. The van der Waals surface area contributed by atoms with Crippen LogP contribution in [0.5, 0.6) is 0 Å². The molecule has 0 spiro atoms. The van der Waals surface area contributed by atoms with E-state index in [1.165, 1.54) is 11.3 Å². The van der Waals surface area contributed by atoms with Crippen LogP contribution in [0.15, 0.2) is 24.5 Å². The number of rotatable bonds is 1. The molecule has 0 N–H and O–H groups in total.